The second-order valence-electron chi connectivity index (χ2n) is 9.49. The third-order valence-corrected chi connectivity index (χ3v) is 6.76. The van der Waals surface area contributed by atoms with E-state index in [1.807, 2.05) is 54.3 Å². The zero-order valence-electron chi connectivity index (χ0n) is 20.9. The number of rotatable bonds is 9. The minimum atomic E-state index is -0.241. The summed E-state index contributed by atoms with van der Waals surface area (Å²) in [5.41, 5.74) is 2.67. The van der Waals surface area contributed by atoms with Gasteiger partial charge in [0.25, 0.3) is 5.91 Å². The molecule has 4 rings (SSSR count). The van der Waals surface area contributed by atoms with Crippen molar-refractivity contribution in [3.63, 3.8) is 0 Å². The Balaban J connectivity index is 1.32. The van der Waals surface area contributed by atoms with E-state index in [0.29, 0.717) is 37.2 Å². The molecule has 0 aliphatic carbocycles. The maximum atomic E-state index is 13.2. The normalized spacial score (nSPS) is 18.1. The summed E-state index contributed by atoms with van der Waals surface area (Å²) in [6, 6.07) is 23.8. The smallest absolute Gasteiger partial charge is 0.260 e. The van der Waals surface area contributed by atoms with Crippen molar-refractivity contribution in [1.29, 1.82) is 0 Å². The Kier molecular flexibility index (Phi) is 8.49. The van der Waals surface area contributed by atoms with Crippen LogP contribution >= 0.6 is 0 Å². The van der Waals surface area contributed by atoms with Gasteiger partial charge in [-0.15, -0.1) is 0 Å². The van der Waals surface area contributed by atoms with E-state index < -0.39 is 0 Å². The maximum absolute atomic E-state index is 13.2. The van der Waals surface area contributed by atoms with Crippen molar-refractivity contribution in [1.82, 2.24) is 9.80 Å². The summed E-state index contributed by atoms with van der Waals surface area (Å²) in [7, 11) is 0. The first-order valence-electron chi connectivity index (χ1n) is 12.5. The van der Waals surface area contributed by atoms with Crippen molar-refractivity contribution in [3.8, 4) is 5.75 Å². The van der Waals surface area contributed by atoms with Gasteiger partial charge in [0.1, 0.15) is 11.6 Å². The van der Waals surface area contributed by atoms with Crippen LogP contribution < -0.4 is 4.74 Å². The third-order valence-electron chi connectivity index (χ3n) is 6.76. The van der Waals surface area contributed by atoms with Gasteiger partial charge in [0.05, 0.1) is 5.56 Å². The largest absolute Gasteiger partial charge is 0.483 e. The van der Waals surface area contributed by atoms with E-state index in [1.54, 1.807) is 24.3 Å². The molecule has 2 unspecified atom stereocenters. The van der Waals surface area contributed by atoms with Crippen LogP contribution in [0.25, 0.3) is 0 Å². The van der Waals surface area contributed by atoms with Crippen LogP contribution in [0.5, 0.6) is 5.75 Å². The van der Waals surface area contributed by atoms with E-state index in [1.165, 1.54) is 12.1 Å². The number of carbonyl (C=O) groups is 2. The number of benzene rings is 3. The number of carbonyl (C=O) groups excluding carboxylic acids is 2. The molecule has 1 saturated heterocycles. The van der Waals surface area contributed by atoms with Gasteiger partial charge in [0.15, 0.2) is 12.4 Å². The van der Waals surface area contributed by atoms with E-state index >= 15 is 0 Å². The first-order valence-corrected chi connectivity index (χ1v) is 12.5. The van der Waals surface area contributed by atoms with Gasteiger partial charge in [-0.1, -0.05) is 54.6 Å². The molecule has 36 heavy (non-hydrogen) atoms. The topological polar surface area (TPSA) is 49.9 Å². The standard InChI is InChI=1S/C30H33FN2O3/c1-22-19-33(23(2)18-32(22)20-25-12-15-26(31)16-13-25)30(35)21-36-29-11-7-6-10-27(29)28(34)17-14-24-8-4-3-5-9-24/h3-13,15-16,22-23H,14,17-21H2,1-2H3. The van der Waals surface area contributed by atoms with Crippen LogP contribution in [0.1, 0.15) is 41.8 Å². The lowest BCUT2D eigenvalue weighted by Crippen LogP contribution is -2.58. The van der Waals surface area contributed by atoms with Crippen LogP contribution in [0, 0.1) is 5.82 Å². The van der Waals surface area contributed by atoms with Crippen molar-refractivity contribution >= 4 is 11.7 Å². The molecular formula is C30H33FN2O3. The summed E-state index contributed by atoms with van der Waals surface area (Å²) >= 11 is 0. The summed E-state index contributed by atoms with van der Waals surface area (Å²) in [6.45, 7) is 6.03. The zero-order valence-corrected chi connectivity index (χ0v) is 20.9. The SMILES string of the molecule is CC1CN(C(=O)COc2ccccc2C(=O)CCc2ccccc2)C(C)CN1Cc1ccc(F)cc1. The number of aryl methyl sites for hydroxylation is 1. The molecule has 0 aromatic heterocycles. The molecule has 1 aliphatic rings. The number of ether oxygens (including phenoxy) is 1. The number of hydrogen-bond acceptors (Lipinski definition) is 4. The van der Waals surface area contributed by atoms with Gasteiger partial charge in [-0.2, -0.15) is 0 Å². The van der Waals surface area contributed by atoms with E-state index in [4.69, 9.17) is 4.74 Å². The molecule has 1 fully saturated rings. The van der Waals surface area contributed by atoms with Gasteiger partial charge in [0, 0.05) is 38.1 Å². The molecule has 0 saturated carbocycles. The molecule has 0 bridgehead atoms. The lowest BCUT2D eigenvalue weighted by molar-refractivity contribution is -0.139. The van der Waals surface area contributed by atoms with Crippen LogP contribution in [0.3, 0.4) is 0 Å². The summed E-state index contributed by atoms with van der Waals surface area (Å²) in [5, 5.41) is 0. The van der Waals surface area contributed by atoms with Crippen LogP contribution in [0.4, 0.5) is 4.39 Å². The predicted octanol–water partition coefficient (Wildman–Crippen LogP) is 5.14. The van der Waals surface area contributed by atoms with Crippen molar-refractivity contribution in [2.45, 2.75) is 45.3 Å². The molecule has 188 valence electrons. The molecule has 1 aliphatic heterocycles. The molecular weight excluding hydrogens is 455 g/mol. The number of para-hydroxylation sites is 1. The Bertz CT molecular complexity index is 1170. The van der Waals surface area contributed by atoms with Crippen LogP contribution in [-0.4, -0.2) is 53.3 Å². The second-order valence-corrected chi connectivity index (χ2v) is 9.49. The van der Waals surface area contributed by atoms with E-state index in [2.05, 4.69) is 11.8 Å². The van der Waals surface area contributed by atoms with Gasteiger partial charge >= 0.3 is 0 Å². The van der Waals surface area contributed by atoms with Crippen LogP contribution in [0.2, 0.25) is 0 Å². The van der Waals surface area contributed by atoms with E-state index in [-0.39, 0.29) is 36.2 Å². The molecule has 1 heterocycles. The van der Waals surface area contributed by atoms with Gasteiger partial charge in [-0.3, -0.25) is 14.5 Å². The Morgan fingerprint density at radius 1 is 0.861 bits per heavy atom. The van der Waals surface area contributed by atoms with E-state index in [0.717, 1.165) is 17.7 Å². The first kappa shape index (κ1) is 25.6. The maximum Gasteiger partial charge on any atom is 0.260 e. The van der Waals surface area contributed by atoms with Crippen molar-refractivity contribution in [3.05, 3.63) is 101 Å². The minimum absolute atomic E-state index is 0.00157. The molecule has 0 spiro atoms. The molecule has 6 heteroatoms. The molecule has 2 atom stereocenters. The number of nitrogens with zero attached hydrogens (tertiary/aromatic N) is 2. The fourth-order valence-electron chi connectivity index (χ4n) is 4.67. The summed E-state index contributed by atoms with van der Waals surface area (Å²) in [4.78, 5) is 30.1. The van der Waals surface area contributed by atoms with Gasteiger partial charge in [-0.25, -0.2) is 4.39 Å². The lowest BCUT2D eigenvalue weighted by Gasteiger charge is -2.44. The number of amides is 1. The molecule has 5 nitrogen and oxygen atoms in total. The fourth-order valence-corrected chi connectivity index (χ4v) is 4.67. The number of ketones is 1. The second kappa shape index (κ2) is 12.0. The molecule has 3 aromatic carbocycles. The monoisotopic (exact) mass is 488 g/mol. The van der Waals surface area contributed by atoms with Crippen molar-refractivity contribution in [2.24, 2.45) is 0 Å². The number of hydrogen-bond donors (Lipinski definition) is 0. The first-order chi connectivity index (χ1) is 17.4. The van der Waals surface area contributed by atoms with Crippen molar-refractivity contribution in [2.75, 3.05) is 19.7 Å². The Morgan fingerprint density at radius 3 is 2.31 bits per heavy atom. The Labute approximate surface area is 212 Å². The quantitative estimate of drug-likeness (QED) is 0.391. The number of piperazine rings is 1. The molecule has 3 aromatic rings. The highest BCUT2D eigenvalue weighted by Crippen LogP contribution is 2.22. The van der Waals surface area contributed by atoms with Crippen LogP contribution in [0.15, 0.2) is 78.9 Å². The van der Waals surface area contributed by atoms with Crippen molar-refractivity contribution < 1.29 is 18.7 Å². The molecule has 0 radical (unpaired) electrons. The average molecular weight is 489 g/mol. The highest BCUT2D eigenvalue weighted by Gasteiger charge is 2.32. The average Bonchev–Trinajstić information content (AvgIpc) is 2.90. The van der Waals surface area contributed by atoms with Gasteiger partial charge in [0.2, 0.25) is 0 Å². The summed E-state index contributed by atoms with van der Waals surface area (Å²) < 4.78 is 19.1. The number of Topliss-reactive ketones (excluding diaryl/α,β-unsaturated/α-hetero) is 1. The summed E-state index contributed by atoms with van der Waals surface area (Å²) in [5.74, 6) is 0.107. The Morgan fingerprint density at radius 2 is 1.56 bits per heavy atom. The van der Waals surface area contributed by atoms with Gasteiger partial charge in [-0.05, 0) is 55.7 Å². The zero-order chi connectivity index (χ0) is 25.5. The van der Waals surface area contributed by atoms with Gasteiger partial charge < -0.3 is 9.64 Å². The van der Waals surface area contributed by atoms with Crippen LogP contribution in [-0.2, 0) is 17.8 Å². The molecule has 1 amide bonds. The highest BCUT2D eigenvalue weighted by molar-refractivity contribution is 5.98. The molecule has 0 N–H and O–H groups in total. The summed E-state index contributed by atoms with van der Waals surface area (Å²) in [6.07, 6.45) is 1.04. The van der Waals surface area contributed by atoms with E-state index in [9.17, 15) is 14.0 Å². The predicted molar refractivity (Wildman–Crippen MR) is 138 cm³/mol. The highest BCUT2D eigenvalue weighted by atomic mass is 19.1. The fraction of sp³-hybridized carbons (Fsp3) is 0.333. The lowest BCUT2D eigenvalue weighted by atomic mass is 10.0. The number of halogens is 1. The third kappa shape index (κ3) is 6.58. The Hall–Kier alpha value is -3.51. The minimum Gasteiger partial charge on any atom is -0.483 e.